The van der Waals surface area contributed by atoms with Crippen molar-refractivity contribution in [2.75, 3.05) is 12.0 Å². The number of nitro groups is 1. The zero-order chi connectivity index (χ0) is 23.4. The molecule has 2 heterocycles. The molecule has 0 saturated carbocycles. The fourth-order valence-electron chi connectivity index (χ4n) is 3.12. The van der Waals surface area contributed by atoms with Crippen molar-refractivity contribution in [3.05, 3.63) is 93.1 Å². The number of aromatic nitrogens is 1. The number of rotatable bonds is 7. The van der Waals surface area contributed by atoms with Gasteiger partial charge < -0.3 is 9.47 Å². The number of pyridine rings is 1. The highest BCUT2D eigenvalue weighted by Gasteiger charge is 2.34. The molecule has 1 aliphatic heterocycles. The number of hydrogen-bond donors (Lipinski definition) is 0. The number of benzene rings is 2. The fraction of sp³-hybridized carbons (Fsp3) is 0.0870. The van der Waals surface area contributed by atoms with Crippen LogP contribution in [0.2, 0.25) is 0 Å². The average Bonchev–Trinajstić information content (AvgIpc) is 3.11. The molecule has 0 bridgehead atoms. The molecular weight excluding hydrogens is 462 g/mol. The van der Waals surface area contributed by atoms with Crippen LogP contribution in [0.4, 0.5) is 11.4 Å². The Morgan fingerprint density at radius 2 is 1.94 bits per heavy atom. The monoisotopic (exact) mass is 479 g/mol. The summed E-state index contributed by atoms with van der Waals surface area (Å²) in [6, 6.07) is 14.9. The minimum Gasteiger partial charge on any atom is -0.493 e. The second-order valence-electron chi connectivity index (χ2n) is 6.85. The Balaban J connectivity index is 1.55. The van der Waals surface area contributed by atoms with Crippen molar-refractivity contribution in [1.82, 2.24) is 4.98 Å². The molecule has 0 atom stereocenters. The lowest BCUT2D eigenvalue weighted by atomic mass is 10.1. The molecule has 1 amide bonds. The number of methoxy groups -OCH3 is 1. The van der Waals surface area contributed by atoms with Crippen molar-refractivity contribution in [2.24, 2.45) is 0 Å². The smallest absolute Gasteiger partial charge is 0.271 e. The first-order valence-corrected chi connectivity index (χ1v) is 10.9. The van der Waals surface area contributed by atoms with Crippen molar-refractivity contribution in [3.8, 4) is 11.5 Å². The molecule has 10 heteroatoms. The number of anilines is 1. The molecule has 0 N–H and O–H groups in total. The van der Waals surface area contributed by atoms with Crippen LogP contribution in [0, 0.1) is 10.1 Å². The molecule has 33 heavy (non-hydrogen) atoms. The Morgan fingerprint density at radius 3 is 2.67 bits per heavy atom. The van der Waals surface area contributed by atoms with Gasteiger partial charge in [0, 0.05) is 24.5 Å². The Kier molecular flexibility index (Phi) is 6.66. The van der Waals surface area contributed by atoms with Crippen LogP contribution in [0.1, 0.15) is 11.1 Å². The predicted molar refractivity (Wildman–Crippen MR) is 130 cm³/mol. The maximum absolute atomic E-state index is 13.0. The second-order valence-corrected chi connectivity index (χ2v) is 8.52. The highest BCUT2D eigenvalue weighted by molar-refractivity contribution is 8.27. The maximum atomic E-state index is 13.0. The second kappa shape index (κ2) is 9.80. The van der Waals surface area contributed by atoms with Crippen LogP contribution < -0.4 is 14.4 Å². The van der Waals surface area contributed by atoms with E-state index in [-0.39, 0.29) is 11.6 Å². The normalized spacial score (nSPS) is 14.6. The number of carbonyl (C=O) groups excluding carboxylic acids is 1. The van der Waals surface area contributed by atoms with Gasteiger partial charge in [0.2, 0.25) is 0 Å². The van der Waals surface area contributed by atoms with Gasteiger partial charge in [0.1, 0.15) is 6.61 Å². The van der Waals surface area contributed by atoms with Gasteiger partial charge >= 0.3 is 0 Å². The third-order valence-corrected chi connectivity index (χ3v) is 6.02. The van der Waals surface area contributed by atoms with Gasteiger partial charge in [-0.3, -0.25) is 24.8 Å². The summed E-state index contributed by atoms with van der Waals surface area (Å²) in [5.74, 6) is 0.741. The minimum atomic E-state index is -0.512. The van der Waals surface area contributed by atoms with Gasteiger partial charge in [-0.2, -0.15) is 0 Å². The Labute approximate surface area is 199 Å². The molecular formula is C23H17N3O5S2. The van der Waals surface area contributed by atoms with Crippen LogP contribution in [0.25, 0.3) is 6.08 Å². The topological polar surface area (TPSA) is 94.8 Å². The van der Waals surface area contributed by atoms with E-state index < -0.39 is 4.92 Å². The van der Waals surface area contributed by atoms with Crippen LogP contribution >= 0.6 is 24.0 Å². The summed E-state index contributed by atoms with van der Waals surface area (Å²) in [5, 5.41) is 11.1. The number of thioether (sulfide) groups is 1. The van der Waals surface area contributed by atoms with Crippen molar-refractivity contribution >= 4 is 51.7 Å². The molecule has 1 aromatic heterocycles. The molecule has 1 saturated heterocycles. The van der Waals surface area contributed by atoms with Crippen LogP contribution in [0.15, 0.2) is 71.9 Å². The highest BCUT2D eigenvalue weighted by atomic mass is 32.2. The standard InChI is InChI=1S/C23H17N3O5S2/c1-30-20-11-16(5-6-19(20)31-14-15-7-9-24-10-8-15)12-21-22(27)25(23(32)33-21)17-3-2-4-18(13-17)26(28)29/h2-13H,14H2,1H3/b21-12-. The number of hydrogen-bond acceptors (Lipinski definition) is 8. The van der Waals surface area contributed by atoms with Crippen molar-refractivity contribution in [3.63, 3.8) is 0 Å². The molecule has 2 aromatic carbocycles. The molecule has 0 spiro atoms. The molecule has 8 nitrogen and oxygen atoms in total. The predicted octanol–water partition coefficient (Wildman–Crippen LogP) is 4.98. The summed E-state index contributed by atoms with van der Waals surface area (Å²) in [5.41, 5.74) is 1.94. The van der Waals surface area contributed by atoms with E-state index in [0.29, 0.717) is 33.0 Å². The lowest BCUT2D eigenvalue weighted by molar-refractivity contribution is -0.384. The van der Waals surface area contributed by atoms with Crippen molar-refractivity contribution < 1.29 is 19.2 Å². The van der Waals surface area contributed by atoms with Crippen LogP contribution in [-0.2, 0) is 11.4 Å². The minimum absolute atomic E-state index is 0.113. The van der Waals surface area contributed by atoms with Gasteiger partial charge in [-0.05, 0) is 47.5 Å². The summed E-state index contributed by atoms with van der Waals surface area (Å²) in [4.78, 5) is 29.2. The van der Waals surface area contributed by atoms with Crippen LogP contribution in [0.3, 0.4) is 0 Å². The number of nitrogens with zero attached hydrogens (tertiary/aromatic N) is 3. The Bertz CT molecular complexity index is 1260. The van der Waals surface area contributed by atoms with Crippen molar-refractivity contribution in [1.29, 1.82) is 0 Å². The first-order valence-electron chi connectivity index (χ1n) is 9.68. The molecule has 4 rings (SSSR count). The highest BCUT2D eigenvalue weighted by Crippen LogP contribution is 2.38. The molecule has 3 aromatic rings. The first kappa shape index (κ1) is 22.4. The number of amides is 1. The maximum Gasteiger partial charge on any atom is 0.271 e. The summed E-state index contributed by atoms with van der Waals surface area (Å²) in [7, 11) is 1.54. The Morgan fingerprint density at radius 1 is 1.15 bits per heavy atom. The molecule has 0 radical (unpaired) electrons. The van der Waals surface area contributed by atoms with E-state index in [1.165, 1.54) is 23.1 Å². The van der Waals surface area contributed by atoms with E-state index in [4.69, 9.17) is 21.7 Å². The number of nitro benzene ring substituents is 1. The zero-order valence-electron chi connectivity index (χ0n) is 17.3. The number of non-ortho nitro benzene ring substituents is 1. The first-order chi connectivity index (χ1) is 16.0. The van der Waals surface area contributed by atoms with E-state index in [0.717, 1.165) is 22.9 Å². The van der Waals surface area contributed by atoms with Gasteiger partial charge in [0.15, 0.2) is 15.8 Å². The van der Waals surface area contributed by atoms with E-state index in [1.54, 1.807) is 43.8 Å². The quantitative estimate of drug-likeness (QED) is 0.203. The molecule has 1 fully saturated rings. The SMILES string of the molecule is COc1cc(/C=C2\SC(=S)N(c3cccc([N+](=O)[O-])c3)C2=O)ccc1OCc1ccncc1. The van der Waals surface area contributed by atoms with Crippen LogP contribution in [0.5, 0.6) is 11.5 Å². The van der Waals surface area contributed by atoms with E-state index in [1.807, 2.05) is 18.2 Å². The van der Waals surface area contributed by atoms with Crippen LogP contribution in [-0.4, -0.2) is 27.2 Å². The van der Waals surface area contributed by atoms with E-state index >= 15 is 0 Å². The Hall–Kier alpha value is -3.76. The average molecular weight is 480 g/mol. The van der Waals surface area contributed by atoms with Crippen molar-refractivity contribution in [2.45, 2.75) is 6.61 Å². The van der Waals surface area contributed by atoms with E-state index in [2.05, 4.69) is 4.98 Å². The molecule has 0 aliphatic carbocycles. The van der Waals surface area contributed by atoms with Gasteiger partial charge in [0.25, 0.3) is 11.6 Å². The molecule has 1 aliphatic rings. The molecule has 166 valence electrons. The summed E-state index contributed by atoms with van der Waals surface area (Å²) in [6.45, 7) is 0.361. The number of carbonyl (C=O) groups is 1. The third kappa shape index (κ3) is 5.02. The fourth-order valence-corrected chi connectivity index (χ4v) is 4.42. The summed E-state index contributed by atoms with van der Waals surface area (Å²) < 4.78 is 11.6. The van der Waals surface area contributed by atoms with Gasteiger partial charge in [0.05, 0.1) is 22.6 Å². The lowest BCUT2D eigenvalue weighted by Gasteiger charge is -2.14. The summed E-state index contributed by atoms with van der Waals surface area (Å²) >= 11 is 6.49. The number of thiocarbonyl (C=S) groups is 1. The summed E-state index contributed by atoms with van der Waals surface area (Å²) in [6.07, 6.45) is 5.09. The van der Waals surface area contributed by atoms with Gasteiger partial charge in [-0.25, -0.2) is 0 Å². The third-order valence-electron chi connectivity index (χ3n) is 4.72. The van der Waals surface area contributed by atoms with Gasteiger partial charge in [-0.15, -0.1) is 0 Å². The largest absolute Gasteiger partial charge is 0.493 e. The van der Waals surface area contributed by atoms with Gasteiger partial charge in [-0.1, -0.05) is 36.1 Å². The zero-order valence-corrected chi connectivity index (χ0v) is 19.0. The lowest BCUT2D eigenvalue weighted by Crippen LogP contribution is -2.27. The number of ether oxygens (including phenoxy) is 2. The molecule has 0 unspecified atom stereocenters. The van der Waals surface area contributed by atoms with E-state index in [9.17, 15) is 14.9 Å².